The average Bonchev–Trinajstić information content (AvgIpc) is 3.21. The highest BCUT2D eigenvalue weighted by Crippen LogP contribution is 2.24. The second-order valence-corrected chi connectivity index (χ2v) is 8.02. The van der Waals surface area contributed by atoms with Gasteiger partial charge in [0.25, 0.3) is 0 Å². The van der Waals surface area contributed by atoms with Crippen LogP contribution in [0.4, 0.5) is 0 Å². The van der Waals surface area contributed by atoms with Gasteiger partial charge < -0.3 is 15.0 Å². The lowest BCUT2D eigenvalue weighted by Crippen LogP contribution is -2.18. The number of hydrogen-bond donors (Lipinski definition) is 2. The maximum Gasteiger partial charge on any atom is 0.337 e. The summed E-state index contributed by atoms with van der Waals surface area (Å²) in [6, 6.07) is 11.8. The Balaban J connectivity index is 1.79. The van der Waals surface area contributed by atoms with Gasteiger partial charge in [-0.15, -0.1) is 11.3 Å². The Kier molecular flexibility index (Phi) is 6.37. The molecule has 3 rings (SSSR count). The Morgan fingerprint density at radius 2 is 2.04 bits per heavy atom. The number of rotatable bonds is 8. The standard InChI is InChI=1S/C21H23ClN2O2S/c1-14-19(12-23-9-8-18-7-4-10-27-18)20(21(25)26)15(2)24(14)13-16-5-3-6-17(22)11-16/h3-7,10-11,23H,8-9,12-13H2,1-2H3,(H,25,26). The highest BCUT2D eigenvalue weighted by molar-refractivity contribution is 7.09. The predicted molar refractivity (Wildman–Crippen MR) is 111 cm³/mol. The molecule has 2 heterocycles. The molecule has 3 aromatic rings. The molecule has 2 N–H and O–H groups in total. The SMILES string of the molecule is Cc1c(CNCCc2cccs2)c(C(=O)O)c(C)n1Cc1cccc(Cl)c1. The Labute approximate surface area is 168 Å². The second-order valence-electron chi connectivity index (χ2n) is 6.55. The Hall–Kier alpha value is -2.08. The van der Waals surface area contributed by atoms with Gasteiger partial charge in [-0.3, -0.25) is 0 Å². The van der Waals surface area contributed by atoms with Gasteiger partial charge in [0.15, 0.2) is 0 Å². The van der Waals surface area contributed by atoms with Crippen molar-refractivity contribution in [3.8, 4) is 0 Å². The van der Waals surface area contributed by atoms with Crippen molar-refractivity contribution in [2.45, 2.75) is 33.4 Å². The third-order valence-electron chi connectivity index (χ3n) is 4.78. The molecular weight excluding hydrogens is 380 g/mol. The average molecular weight is 403 g/mol. The number of nitrogens with one attached hydrogen (secondary N) is 1. The fraction of sp³-hybridized carbons (Fsp3) is 0.286. The lowest BCUT2D eigenvalue weighted by Gasteiger charge is -2.10. The number of aromatic carboxylic acids is 1. The zero-order valence-corrected chi connectivity index (χ0v) is 17.0. The highest BCUT2D eigenvalue weighted by atomic mass is 35.5. The lowest BCUT2D eigenvalue weighted by molar-refractivity contribution is 0.0694. The van der Waals surface area contributed by atoms with E-state index in [2.05, 4.69) is 21.3 Å². The molecule has 0 fully saturated rings. The van der Waals surface area contributed by atoms with Crippen LogP contribution in [0.25, 0.3) is 0 Å². The Morgan fingerprint density at radius 3 is 2.70 bits per heavy atom. The molecule has 0 amide bonds. The van der Waals surface area contributed by atoms with E-state index in [1.54, 1.807) is 11.3 Å². The quantitative estimate of drug-likeness (QED) is 0.527. The topological polar surface area (TPSA) is 54.3 Å². The molecule has 0 radical (unpaired) electrons. The van der Waals surface area contributed by atoms with Crippen LogP contribution in [0.2, 0.25) is 5.02 Å². The van der Waals surface area contributed by atoms with Gasteiger partial charge in [0.2, 0.25) is 0 Å². The minimum atomic E-state index is -0.879. The van der Waals surface area contributed by atoms with E-state index in [4.69, 9.17) is 11.6 Å². The second kappa shape index (κ2) is 8.74. The van der Waals surface area contributed by atoms with Crippen LogP contribution in [-0.4, -0.2) is 22.2 Å². The van der Waals surface area contributed by atoms with Crippen LogP contribution in [0.5, 0.6) is 0 Å². The third kappa shape index (κ3) is 4.61. The number of carboxylic acids is 1. The van der Waals surface area contributed by atoms with Crippen molar-refractivity contribution < 1.29 is 9.90 Å². The van der Waals surface area contributed by atoms with Gasteiger partial charge in [0.05, 0.1) is 5.56 Å². The van der Waals surface area contributed by atoms with Crippen molar-refractivity contribution in [1.82, 2.24) is 9.88 Å². The zero-order valence-electron chi connectivity index (χ0n) is 15.5. The molecule has 1 aromatic carbocycles. The molecule has 0 aliphatic carbocycles. The summed E-state index contributed by atoms with van der Waals surface area (Å²) < 4.78 is 2.06. The first-order valence-electron chi connectivity index (χ1n) is 8.86. The van der Waals surface area contributed by atoms with E-state index in [1.807, 2.05) is 44.2 Å². The van der Waals surface area contributed by atoms with Gasteiger partial charge in [0, 0.05) is 46.5 Å². The van der Waals surface area contributed by atoms with Gasteiger partial charge in [-0.1, -0.05) is 29.8 Å². The summed E-state index contributed by atoms with van der Waals surface area (Å²) in [5.41, 5.74) is 4.06. The number of benzene rings is 1. The van der Waals surface area contributed by atoms with E-state index >= 15 is 0 Å². The van der Waals surface area contributed by atoms with E-state index in [1.165, 1.54) is 4.88 Å². The van der Waals surface area contributed by atoms with Crippen LogP contribution in [0.15, 0.2) is 41.8 Å². The van der Waals surface area contributed by atoms with Gasteiger partial charge in [-0.25, -0.2) is 4.79 Å². The Bertz CT molecular complexity index is 932. The molecule has 0 aliphatic heterocycles. The van der Waals surface area contributed by atoms with Crippen molar-refractivity contribution in [2.75, 3.05) is 6.54 Å². The number of hydrogen-bond acceptors (Lipinski definition) is 3. The van der Waals surface area contributed by atoms with Crippen LogP contribution < -0.4 is 5.32 Å². The summed E-state index contributed by atoms with van der Waals surface area (Å²) in [6.07, 6.45) is 0.946. The molecule has 6 heteroatoms. The van der Waals surface area contributed by atoms with Crippen molar-refractivity contribution in [1.29, 1.82) is 0 Å². The van der Waals surface area contributed by atoms with Crippen molar-refractivity contribution >= 4 is 28.9 Å². The van der Waals surface area contributed by atoms with Gasteiger partial charge in [0.1, 0.15) is 0 Å². The molecule has 4 nitrogen and oxygen atoms in total. The van der Waals surface area contributed by atoms with Crippen molar-refractivity contribution in [3.05, 3.63) is 79.8 Å². The summed E-state index contributed by atoms with van der Waals surface area (Å²) in [5.74, 6) is -0.879. The van der Waals surface area contributed by atoms with Crippen molar-refractivity contribution in [2.24, 2.45) is 0 Å². The first-order valence-corrected chi connectivity index (χ1v) is 10.1. The molecule has 0 aliphatic rings. The van der Waals surface area contributed by atoms with Gasteiger partial charge >= 0.3 is 5.97 Å². The smallest absolute Gasteiger partial charge is 0.337 e. The molecule has 0 saturated carbocycles. The van der Waals surface area contributed by atoms with Gasteiger partial charge in [-0.2, -0.15) is 0 Å². The van der Waals surface area contributed by atoms with Crippen molar-refractivity contribution in [3.63, 3.8) is 0 Å². The molecule has 0 spiro atoms. The predicted octanol–water partition coefficient (Wildman–Crippen LogP) is 4.90. The number of nitrogens with zero attached hydrogens (tertiary/aromatic N) is 1. The summed E-state index contributed by atoms with van der Waals surface area (Å²) in [5, 5.41) is 15.9. The van der Waals surface area contributed by atoms with Crippen LogP contribution in [0.3, 0.4) is 0 Å². The van der Waals surface area contributed by atoms with E-state index < -0.39 is 5.97 Å². The molecule has 0 atom stereocenters. The van der Waals surface area contributed by atoms with E-state index in [9.17, 15) is 9.90 Å². The first kappa shape index (κ1) is 19.7. The third-order valence-corrected chi connectivity index (χ3v) is 5.95. The monoisotopic (exact) mass is 402 g/mol. The molecule has 27 heavy (non-hydrogen) atoms. The van der Waals surface area contributed by atoms with E-state index in [-0.39, 0.29) is 0 Å². The first-order chi connectivity index (χ1) is 13.0. The number of halogens is 1. The summed E-state index contributed by atoms with van der Waals surface area (Å²) in [4.78, 5) is 13.2. The Morgan fingerprint density at radius 1 is 1.22 bits per heavy atom. The minimum Gasteiger partial charge on any atom is -0.478 e. The van der Waals surface area contributed by atoms with E-state index in [0.29, 0.717) is 23.7 Å². The summed E-state index contributed by atoms with van der Waals surface area (Å²) in [6.45, 7) is 5.82. The summed E-state index contributed by atoms with van der Waals surface area (Å²) >= 11 is 7.83. The van der Waals surface area contributed by atoms with Crippen LogP contribution >= 0.6 is 22.9 Å². The molecule has 2 aromatic heterocycles. The number of carboxylic acid groups (broad SMARTS) is 1. The normalized spacial score (nSPS) is 11.1. The minimum absolute atomic E-state index is 0.401. The van der Waals surface area contributed by atoms with Crippen LogP contribution in [-0.2, 0) is 19.5 Å². The van der Waals surface area contributed by atoms with Crippen LogP contribution in [0.1, 0.15) is 37.7 Å². The molecular formula is C21H23ClN2O2S. The molecule has 0 saturated heterocycles. The molecule has 142 valence electrons. The molecule has 0 bridgehead atoms. The maximum absolute atomic E-state index is 11.9. The largest absolute Gasteiger partial charge is 0.478 e. The lowest BCUT2D eigenvalue weighted by atomic mass is 10.1. The number of thiophene rings is 1. The number of aromatic nitrogens is 1. The zero-order chi connectivity index (χ0) is 19.4. The number of carbonyl (C=O) groups is 1. The maximum atomic E-state index is 11.9. The van der Waals surface area contributed by atoms with Crippen LogP contribution in [0, 0.1) is 13.8 Å². The molecule has 0 unspecified atom stereocenters. The highest BCUT2D eigenvalue weighted by Gasteiger charge is 2.22. The van der Waals surface area contributed by atoms with E-state index in [0.717, 1.165) is 35.5 Å². The fourth-order valence-corrected chi connectivity index (χ4v) is 4.31. The summed E-state index contributed by atoms with van der Waals surface area (Å²) in [7, 11) is 0. The van der Waals surface area contributed by atoms with Gasteiger partial charge in [-0.05, 0) is 49.4 Å². The fourth-order valence-electron chi connectivity index (χ4n) is 3.38.